The molecule has 0 bridgehead atoms. The number of aryl methyl sites for hydroxylation is 2. The van der Waals surface area contributed by atoms with Gasteiger partial charge in [0.15, 0.2) is 0 Å². The molecule has 0 aromatic heterocycles. The number of hydrogen-bond acceptors (Lipinski definition) is 4. The maximum atomic E-state index is 12.5. The third-order valence-corrected chi connectivity index (χ3v) is 3.86. The Balaban J connectivity index is 2.09. The van der Waals surface area contributed by atoms with Gasteiger partial charge in [-0.1, -0.05) is 30.3 Å². The molecule has 7 heteroatoms. The fourth-order valence-corrected chi connectivity index (χ4v) is 2.49. The first-order valence-corrected chi connectivity index (χ1v) is 8.19. The topological polar surface area (TPSA) is 122 Å². The van der Waals surface area contributed by atoms with Crippen molar-refractivity contribution < 1.29 is 19.6 Å². The highest BCUT2D eigenvalue weighted by Gasteiger charge is 2.11. The molecule has 0 aliphatic heterocycles. The molecule has 0 aliphatic rings. The Morgan fingerprint density at radius 1 is 0.962 bits per heavy atom. The zero-order valence-corrected chi connectivity index (χ0v) is 14.2. The number of nitrogens with two attached hydrogens (primary N) is 1. The number of carbonyl (C=O) groups excluding carboxylic acids is 3. The van der Waals surface area contributed by atoms with Crippen LogP contribution in [0.2, 0.25) is 0 Å². The second-order valence-corrected chi connectivity index (χ2v) is 5.81. The Morgan fingerprint density at radius 3 is 2.46 bits per heavy atom. The molecule has 0 saturated heterocycles. The van der Waals surface area contributed by atoms with Gasteiger partial charge in [0.25, 0.3) is 5.91 Å². The van der Waals surface area contributed by atoms with E-state index in [1.165, 1.54) is 0 Å². The molecule has 0 fully saturated rings. The smallest absolute Gasteiger partial charge is 0.255 e. The lowest BCUT2D eigenvalue weighted by atomic mass is 10.0. The molecule has 5 N–H and O–H groups in total. The molecular weight excluding hydrogens is 334 g/mol. The Morgan fingerprint density at radius 2 is 1.73 bits per heavy atom. The van der Waals surface area contributed by atoms with Gasteiger partial charge in [0, 0.05) is 24.1 Å². The summed E-state index contributed by atoms with van der Waals surface area (Å²) in [6.07, 6.45) is 1.18. The standard InChI is InChI=1S/C19H21N3O4/c20-17(23)10-8-13-4-3-6-15(12-13)19(25)21-16-7-2-1-5-14(16)9-11-18(24)22-26/h1-7,12,26H,8-11H2,(H2,20,23)(H,21,25)(H,22,24). The third kappa shape index (κ3) is 5.71. The van der Waals surface area contributed by atoms with Crippen molar-refractivity contribution in [1.82, 2.24) is 5.48 Å². The van der Waals surface area contributed by atoms with Crippen LogP contribution in [0.5, 0.6) is 0 Å². The van der Waals surface area contributed by atoms with Crippen molar-refractivity contribution in [2.24, 2.45) is 5.73 Å². The summed E-state index contributed by atoms with van der Waals surface area (Å²) in [5.74, 6) is -1.17. The van der Waals surface area contributed by atoms with Crippen LogP contribution in [0.1, 0.15) is 34.3 Å². The number of rotatable bonds is 8. The zero-order chi connectivity index (χ0) is 18.9. The fraction of sp³-hybridized carbons (Fsp3) is 0.211. The summed E-state index contributed by atoms with van der Waals surface area (Å²) in [6, 6.07) is 14.2. The van der Waals surface area contributed by atoms with Gasteiger partial charge < -0.3 is 11.1 Å². The molecule has 0 heterocycles. The van der Waals surface area contributed by atoms with E-state index >= 15 is 0 Å². The van der Waals surface area contributed by atoms with E-state index in [-0.39, 0.29) is 24.7 Å². The average Bonchev–Trinajstić information content (AvgIpc) is 2.65. The average molecular weight is 355 g/mol. The van der Waals surface area contributed by atoms with E-state index in [0.717, 1.165) is 11.1 Å². The number of hydroxylamine groups is 1. The van der Waals surface area contributed by atoms with E-state index in [2.05, 4.69) is 5.32 Å². The van der Waals surface area contributed by atoms with Gasteiger partial charge in [-0.05, 0) is 42.2 Å². The van der Waals surface area contributed by atoms with Gasteiger partial charge in [0.1, 0.15) is 0 Å². The molecule has 3 amide bonds. The van der Waals surface area contributed by atoms with E-state index < -0.39 is 5.91 Å². The Bertz CT molecular complexity index is 805. The molecule has 0 radical (unpaired) electrons. The molecule has 0 spiro atoms. The number of para-hydroxylation sites is 1. The van der Waals surface area contributed by atoms with Gasteiger partial charge >= 0.3 is 0 Å². The van der Waals surface area contributed by atoms with Crippen LogP contribution in [0.15, 0.2) is 48.5 Å². The van der Waals surface area contributed by atoms with Crippen molar-refractivity contribution in [2.75, 3.05) is 5.32 Å². The van der Waals surface area contributed by atoms with Gasteiger partial charge in [0.2, 0.25) is 11.8 Å². The van der Waals surface area contributed by atoms with Crippen LogP contribution in [0.25, 0.3) is 0 Å². The monoisotopic (exact) mass is 355 g/mol. The molecule has 0 saturated carbocycles. The van der Waals surface area contributed by atoms with Crippen molar-refractivity contribution in [3.05, 3.63) is 65.2 Å². The highest BCUT2D eigenvalue weighted by Crippen LogP contribution is 2.18. The molecule has 136 valence electrons. The Labute approximate surface area is 151 Å². The zero-order valence-electron chi connectivity index (χ0n) is 14.2. The Kier molecular flexibility index (Phi) is 6.87. The largest absolute Gasteiger partial charge is 0.370 e. The minimum atomic E-state index is -0.492. The van der Waals surface area contributed by atoms with Crippen molar-refractivity contribution >= 4 is 23.4 Å². The molecule has 2 rings (SSSR count). The predicted octanol–water partition coefficient (Wildman–Crippen LogP) is 1.79. The minimum absolute atomic E-state index is 0.103. The number of amides is 3. The summed E-state index contributed by atoms with van der Waals surface area (Å²) in [5.41, 5.74) is 9.45. The summed E-state index contributed by atoms with van der Waals surface area (Å²) in [7, 11) is 0. The van der Waals surface area contributed by atoms with Gasteiger partial charge in [-0.15, -0.1) is 0 Å². The summed E-state index contributed by atoms with van der Waals surface area (Å²) in [4.78, 5) is 34.6. The number of benzene rings is 2. The summed E-state index contributed by atoms with van der Waals surface area (Å²) in [5, 5.41) is 11.4. The first kappa shape index (κ1) is 19.1. The summed E-state index contributed by atoms with van der Waals surface area (Å²) >= 11 is 0. The van der Waals surface area contributed by atoms with Crippen LogP contribution in [0, 0.1) is 0 Å². The van der Waals surface area contributed by atoms with E-state index in [0.29, 0.717) is 24.1 Å². The van der Waals surface area contributed by atoms with E-state index in [1.807, 2.05) is 18.2 Å². The molecule has 0 aliphatic carbocycles. The maximum absolute atomic E-state index is 12.5. The third-order valence-electron chi connectivity index (χ3n) is 3.86. The molecule has 0 unspecified atom stereocenters. The lowest BCUT2D eigenvalue weighted by molar-refractivity contribution is -0.129. The number of nitrogens with one attached hydrogen (secondary N) is 2. The number of primary amides is 1. The lowest BCUT2D eigenvalue weighted by Crippen LogP contribution is -2.19. The molecular formula is C19H21N3O4. The molecule has 7 nitrogen and oxygen atoms in total. The van der Waals surface area contributed by atoms with Crippen molar-refractivity contribution in [3.63, 3.8) is 0 Å². The van der Waals surface area contributed by atoms with Gasteiger partial charge in [-0.2, -0.15) is 0 Å². The molecule has 26 heavy (non-hydrogen) atoms. The Hall–Kier alpha value is -3.19. The number of hydrogen-bond donors (Lipinski definition) is 4. The normalized spacial score (nSPS) is 10.2. The second-order valence-electron chi connectivity index (χ2n) is 5.81. The van der Waals surface area contributed by atoms with E-state index in [1.54, 1.807) is 35.8 Å². The van der Waals surface area contributed by atoms with Crippen LogP contribution in [0.4, 0.5) is 5.69 Å². The van der Waals surface area contributed by atoms with Crippen molar-refractivity contribution in [2.45, 2.75) is 25.7 Å². The van der Waals surface area contributed by atoms with Gasteiger partial charge in [-0.25, -0.2) is 5.48 Å². The van der Waals surface area contributed by atoms with Gasteiger partial charge in [0.05, 0.1) is 0 Å². The first-order chi connectivity index (χ1) is 12.5. The van der Waals surface area contributed by atoms with Gasteiger partial charge in [-0.3, -0.25) is 19.6 Å². The van der Waals surface area contributed by atoms with Crippen LogP contribution in [0.3, 0.4) is 0 Å². The fourth-order valence-electron chi connectivity index (χ4n) is 2.49. The highest BCUT2D eigenvalue weighted by molar-refractivity contribution is 6.04. The SMILES string of the molecule is NC(=O)CCc1cccc(C(=O)Nc2ccccc2CCC(=O)NO)c1. The van der Waals surface area contributed by atoms with Crippen LogP contribution in [-0.4, -0.2) is 22.9 Å². The highest BCUT2D eigenvalue weighted by atomic mass is 16.5. The predicted molar refractivity (Wildman–Crippen MR) is 96.6 cm³/mol. The first-order valence-electron chi connectivity index (χ1n) is 8.19. The lowest BCUT2D eigenvalue weighted by Gasteiger charge is -2.11. The minimum Gasteiger partial charge on any atom is -0.370 e. The van der Waals surface area contributed by atoms with Crippen molar-refractivity contribution in [3.8, 4) is 0 Å². The van der Waals surface area contributed by atoms with E-state index in [4.69, 9.17) is 10.9 Å². The van der Waals surface area contributed by atoms with Crippen LogP contribution >= 0.6 is 0 Å². The number of anilines is 1. The number of carbonyl (C=O) groups is 3. The summed E-state index contributed by atoms with van der Waals surface area (Å²) in [6.45, 7) is 0. The van der Waals surface area contributed by atoms with Crippen molar-refractivity contribution in [1.29, 1.82) is 0 Å². The second kappa shape index (κ2) is 9.33. The molecule has 2 aromatic rings. The van der Waals surface area contributed by atoms with Crippen LogP contribution in [-0.2, 0) is 22.4 Å². The van der Waals surface area contributed by atoms with Crippen LogP contribution < -0.4 is 16.5 Å². The summed E-state index contributed by atoms with van der Waals surface area (Å²) < 4.78 is 0. The maximum Gasteiger partial charge on any atom is 0.255 e. The van der Waals surface area contributed by atoms with E-state index in [9.17, 15) is 14.4 Å². The quantitative estimate of drug-likeness (QED) is 0.426. The molecule has 2 aromatic carbocycles. The molecule has 0 atom stereocenters.